The highest BCUT2D eigenvalue weighted by Crippen LogP contribution is 2.44. The normalized spacial score (nSPS) is 14.5. The molecule has 3 N–H and O–H groups in total. The topological polar surface area (TPSA) is 105 Å². The lowest BCUT2D eigenvalue weighted by Crippen LogP contribution is -2.61. The Morgan fingerprint density at radius 3 is 2.00 bits per heavy atom. The molecule has 1 aliphatic carbocycles. The highest BCUT2D eigenvalue weighted by molar-refractivity contribution is 5.90. The van der Waals surface area contributed by atoms with Gasteiger partial charge in [0.1, 0.15) is 12.1 Å². The van der Waals surface area contributed by atoms with Crippen LogP contribution in [-0.4, -0.2) is 40.8 Å². The molecule has 0 heterocycles. The summed E-state index contributed by atoms with van der Waals surface area (Å²) in [7, 11) is 0. The second-order valence-corrected chi connectivity index (χ2v) is 9.44. The van der Waals surface area contributed by atoms with Gasteiger partial charge in [-0.1, -0.05) is 61.9 Å². The Morgan fingerprint density at radius 2 is 1.48 bits per heavy atom. The van der Waals surface area contributed by atoms with E-state index in [0.717, 1.165) is 22.3 Å². The first-order chi connectivity index (χ1) is 15.6. The minimum atomic E-state index is -1.23. The van der Waals surface area contributed by atoms with Gasteiger partial charge in [0.05, 0.1) is 6.42 Å². The van der Waals surface area contributed by atoms with Crippen LogP contribution in [0.1, 0.15) is 64.0 Å². The summed E-state index contributed by atoms with van der Waals surface area (Å²) in [6.45, 7) is 6.96. The first kappa shape index (κ1) is 24.3. The van der Waals surface area contributed by atoms with Crippen molar-refractivity contribution in [3.05, 3.63) is 59.7 Å². The van der Waals surface area contributed by atoms with E-state index in [2.05, 4.69) is 22.8 Å². The van der Waals surface area contributed by atoms with Gasteiger partial charge >= 0.3 is 12.1 Å². The predicted octanol–water partition coefficient (Wildman–Crippen LogP) is 4.45. The van der Waals surface area contributed by atoms with E-state index in [0.29, 0.717) is 12.8 Å². The largest absolute Gasteiger partial charge is 0.481 e. The number of hydrogen-bond donors (Lipinski definition) is 3. The highest BCUT2D eigenvalue weighted by atomic mass is 16.5. The van der Waals surface area contributed by atoms with Crippen molar-refractivity contribution in [2.24, 2.45) is 0 Å². The van der Waals surface area contributed by atoms with E-state index in [1.54, 1.807) is 20.8 Å². The molecule has 0 aliphatic heterocycles. The number of benzene rings is 2. The number of carbonyl (C=O) groups excluding carboxylic acids is 2. The summed E-state index contributed by atoms with van der Waals surface area (Å²) >= 11 is 0. The van der Waals surface area contributed by atoms with Crippen molar-refractivity contribution < 1.29 is 24.2 Å². The molecule has 0 bridgehead atoms. The number of ether oxygens (including phenoxy) is 1. The fourth-order valence-electron chi connectivity index (χ4n) is 4.46. The Balaban J connectivity index is 1.69. The molecule has 0 spiro atoms. The molecular formula is C26H32N2O5. The second kappa shape index (κ2) is 9.65. The molecule has 2 amide bonds. The molecule has 1 atom stereocenters. The van der Waals surface area contributed by atoms with Gasteiger partial charge in [0, 0.05) is 11.5 Å². The summed E-state index contributed by atoms with van der Waals surface area (Å²) in [5, 5.41) is 14.6. The van der Waals surface area contributed by atoms with Gasteiger partial charge in [0.2, 0.25) is 5.91 Å². The number of aliphatic carboxylic acids is 1. The van der Waals surface area contributed by atoms with Gasteiger partial charge < -0.3 is 20.5 Å². The van der Waals surface area contributed by atoms with Gasteiger partial charge in [-0.05, 0) is 49.4 Å². The Labute approximate surface area is 194 Å². The maximum atomic E-state index is 13.0. The number of fused-ring (bicyclic) bond motifs is 3. The Kier molecular flexibility index (Phi) is 7.10. The average Bonchev–Trinajstić information content (AvgIpc) is 3.05. The first-order valence-electron chi connectivity index (χ1n) is 11.2. The smallest absolute Gasteiger partial charge is 0.408 e. The van der Waals surface area contributed by atoms with Crippen LogP contribution in [0.2, 0.25) is 0 Å². The van der Waals surface area contributed by atoms with E-state index in [4.69, 9.17) is 9.84 Å². The molecule has 3 rings (SSSR count). The summed E-state index contributed by atoms with van der Waals surface area (Å²) in [5.41, 5.74) is 2.30. The molecule has 1 unspecified atom stereocenters. The van der Waals surface area contributed by atoms with Gasteiger partial charge in [-0.25, -0.2) is 4.79 Å². The standard InChI is InChI=1S/C26H32N2O5/c1-5-14-26(4,23(31)27-25(2,3)15-22(29)30)28-24(32)33-16-21-19-12-8-6-10-17(19)18-11-7-9-13-20(18)21/h6-13,21H,5,14-16H2,1-4H3,(H,27,31)(H,28,32)(H,29,30). The molecule has 0 aromatic heterocycles. The van der Waals surface area contributed by atoms with E-state index in [-0.39, 0.29) is 18.9 Å². The van der Waals surface area contributed by atoms with Crippen LogP contribution in [-0.2, 0) is 14.3 Å². The predicted molar refractivity (Wildman–Crippen MR) is 126 cm³/mol. The van der Waals surface area contributed by atoms with Crippen LogP contribution in [0.25, 0.3) is 11.1 Å². The minimum absolute atomic E-state index is 0.0797. The zero-order valence-corrected chi connectivity index (χ0v) is 19.6. The van der Waals surface area contributed by atoms with Crippen molar-refractivity contribution in [1.82, 2.24) is 10.6 Å². The summed E-state index contributed by atoms with van der Waals surface area (Å²) in [4.78, 5) is 36.9. The number of rotatable bonds is 9. The van der Waals surface area contributed by atoms with Crippen LogP contribution >= 0.6 is 0 Å². The first-order valence-corrected chi connectivity index (χ1v) is 11.2. The van der Waals surface area contributed by atoms with Crippen LogP contribution < -0.4 is 10.6 Å². The molecule has 7 nitrogen and oxygen atoms in total. The number of hydrogen-bond acceptors (Lipinski definition) is 4. The van der Waals surface area contributed by atoms with E-state index in [1.165, 1.54) is 0 Å². The fraction of sp³-hybridized carbons (Fsp3) is 0.423. The third-order valence-corrected chi connectivity index (χ3v) is 6.02. The molecule has 176 valence electrons. The molecule has 0 fully saturated rings. The van der Waals surface area contributed by atoms with E-state index >= 15 is 0 Å². The van der Waals surface area contributed by atoms with Crippen LogP contribution in [0.3, 0.4) is 0 Å². The third kappa shape index (κ3) is 5.53. The van der Waals surface area contributed by atoms with Crippen molar-refractivity contribution in [2.75, 3.05) is 6.61 Å². The molecule has 0 saturated carbocycles. The lowest BCUT2D eigenvalue weighted by atomic mass is 9.92. The van der Waals surface area contributed by atoms with Crippen molar-refractivity contribution in [3.63, 3.8) is 0 Å². The minimum Gasteiger partial charge on any atom is -0.481 e. The lowest BCUT2D eigenvalue weighted by Gasteiger charge is -2.34. The average molecular weight is 453 g/mol. The van der Waals surface area contributed by atoms with Crippen LogP contribution in [0.4, 0.5) is 4.79 Å². The maximum Gasteiger partial charge on any atom is 0.408 e. The van der Waals surface area contributed by atoms with Crippen LogP contribution in [0.15, 0.2) is 48.5 Å². The summed E-state index contributed by atoms with van der Waals surface area (Å²) in [6, 6.07) is 16.1. The van der Waals surface area contributed by atoms with Gasteiger partial charge in [-0.2, -0.15) is 0 Å². The Bertz CT molecular complexity index is 1000. The number of carbonyl (C=O) groups is 3. The second-order valence-electron chi connectivity index (χ2n) is 9.44. The zero-order valence-electron chi connectivity index (χ0n) is 19.6. The number of alkyl carbamates (subject to hydrolysis) is 1. The van der Waals surface area contributed by atoms with Gasteiger partial charge in [0.25, 0.3) is 0 Å². The molecule has 0 saturated heterocycles. The van der Waals surface area contributed by atoms with E-state index < -0.39 is 29.0 Å². The Morgan fingerprint density at radius 1 is 0.939 bits per heavy atom. The zero-order chi connectivity index (χ0) is 24.2. The van der Waals surface area contributed by atoms with E-state index in [1.807, 2.05) is 43.3 Å². The lowest BCUT2D eigenvalue weighted by molar-refractivity contribution is -0.139. The van der Waals surface area contributed by atoms with Crippen molar-refractivity contribution in [2.45, 2.75) is 64.0 Å². The quantitative estimate of drug-likeness (QED) is 0.521. The molecular weight excluding hydrogens is 420 g/mol. The Hall–Kier alpha value is -3.35. The SMILES string of the molecule is CCCC(C)(NC(=O)OCC1c2ccccc2-c2ccccc21)C(=O)NC(C)(C)CC(=O)O. The van der Waals surface area contributed by atoms with Crippen molar-refractivity contribution in [1.29, 1.82) is 0 Å². The van der Waals surface area contributed by atoms with E-state index in [9.17, 15) is 14.4 Å². The number of carboxylic acids is 1. The van der Waals surface area contributed by atoms with Gasteiger partial charge in [0.15, 0.2) is 0 Å². The highest BCUT2D eigenvalue weighted by Gasteiger charge is 2.38. The molecule has 2 aromatic rings. The molecule has 1 aliphatic rings. The number of carboxylic acid groups (broad SMARTS) is 1. The molecule has 33 heavy (non-hydrogen) atoms. The summed E-state index contributed by atoms with van der Waals surface area (Å²) in [5.74, 6) is -1.53. The number of nitrogens with one attached hydrogen (secondary N) is 2. The molecule has 7 heteroatoms. The van der Waals surface area contributed by atoms with Crippen LogP contribution in [0.5, 0.6) is 0 Å². The fourth-order valence-corrected chi connectivity index (χ4v) is 4.46. The summed E-state index contributed by atoms with van der Waals surface area (Å²) < 4.78 is 5.60. The van der Waals surface area contributed by atoms with Crippen molar-refractivity contribution in [3.8, 4) is 11.1 Å². The molecule has 2 aromatic carbocycles. The molecule has 0 radical (unpaired) electrons. The van der Waals surface area contributed by atoms with Crippen LogP contribution in [0, 0.1) is 0 Å². The van der Waals surface area contributed by atoms with Crippen molar-refractivity contribution >= 4 is 18.0 Å². The number of amides is 2. The maximum absolute atomic E-state index is 13.0. The van der Waals surface area contributed by atoms with Gasteiger partial charge in [-0.15, -0.1) is 0 Å². The summed E-state index contributed by atoms with van der Waals surface area (Å²) in [6.07, 6.45) is 0.115. The van der Waals surface area contributed by atoms with Gasteiger partial charge in [-0.3, -0.25) is 9.59 Å². The third-order valence-electron chi connectivity index (χ3n) is 6.02. The monoisotopic (exact) mass is 452 g/mol.